The summed E-state index contributed by atoms with van der Waals surface area (Å²) in [5.74, 6) is -1.11. The van der Waals surface area contributed by atoms with Gasteiger partial charge in [0.15, 0.2) is 0 Å². The molecule has 1 aliphatic heterocycles. The molecule has 2 N–H and O–H groups in total. The van der Waals surface area contributed by atoms with Crippen molar-refractivity contribution in [2.45, 2.75) is 13.0 Å². The van der Waals surface area contributed by atoms with Gasteiger partial charge in [-0.3, -0.25) is 0 Å². The SMILES string of the molecule is CCOC(=O)C1=C(COC(=O)c2cccs2)NC(=O)NC1c1ccccc1. The van der Waals surface area contributed by atoms with Gasteiger partial charge in [0, 0.05) is 0 Å². The maximum Gasteiger partial charge on any atom is 0.348 e. The summed E-state index contributed by atoms with van der Waals surface area (Å²) in [7, 11) is 0. The van der Waals surface area contributed by atoms with Crippen molar-refractivity contribution in [2.75, 3.05) is 13.2 Å². The molecule has 1 unspecified atom stereocenters. The molecule has 7 nitrogen and oxygen atoms in total. The zero-order valence-corrected chi connectivity index (χ0v) is 15.4. The van der Waals surface area contributed by atoms with Crippen LogP contribution in [0.2, 0.25) is 0 Å². The molecule has 0 fully saturated rings. The predicted octanol–water partition coefficient (Wildman–Crippen LogP) is 2.78. The fraction of sp³-hybridized carbons (Fsp3) is 0.211. The fourth-order valence-corrected chi connectivity index (χ4v) is 3.30. The Balaban J connectivity index is 1.92. The number of hydrogen-bond donors (Lipinski definition) is 2. The molecular formula is C19H18N2O5S. The van der Waals surface area contributed by atoms with Gasteiger partial charge in [-0.1, -0.05) is 36.4 Å². The summed E-state index contributed by atoms with van der Waals surface area (Å²) in [4.78, 5) is 37.2. The Kier molecular flexibility index (Phi) is 5.87. The second kappa shape index (κ2) is 8.50. The van der Waals surface area contributed by atoms with Crippen molar-refractivity contribution >= 4 is 29.3 Å². The smallest absolute Gasteiger partial charge is 0.348 e. The second-order valence-electron chi connectivity index (χ2n) is 5.61. The van der Waals surface area contributed by atoms with Crippen molar-refractivity contribution in [3.8, 4) is 0 Å². The summed E-state index contributed by atoms with van der Waals surface area (Å²) in [6.45, 7) is 1.63. The molecule has 0 spiro atoms. The number of hydrogen-bond acceptors (Lipinski definition) is 6. The van der Waals surface area contributed by atoms with E-state index in [9.17, 15) is 14.4 Å². The molecule has 1 aliphatic rings. The highest BCUT2D eigenvalue weighted by atomic mass is 32.1. The average Bonchev–Trinajstić information content (AvgIpc) is 3.21. The van der Waals surface area contributed by atoms with E-state index in [1.807, 2.05) is 18.2 Å². The van der Waals surface area contributed by atoms with Crippen LogP contribution >= 0.6 is 11.3 Å². The van der Waals surface area contributed by atoms with Crippen molar-refractivity contribution in [1.82, 2.24) is 10.6 Å². The van der Waals surface area contributed by atoms with Gasteiger partial charge >= 0.3 is 18.0 Å². The maximum absolute atomic E-state index is 12.6. The molecule has 0 saturated heterocycles. The molecule has 27 heavy (non-hydrogen) atoms. The minimum Gasteiger partial charge on any atom is -0.463 e. The van der Waals surface area contributed by atoms with E-state index in [1.54, 1.807) is 36.6 Å². The Morgan fingerprint density at radius 2 is 1.85 bits per heavy atom. The van der Waals surface area contributed by atoms with Crippen LogP contribution < -0.4 is 10.6 Å². The van der Waals surface area contributed by atoms with Gasteiger partial charge in [0.2, 0.25) is 0 Å². The highest BCUT2D eigenvalue weighted by Gasteiger charge is 2.34. The molecule has 0 aliphatic carbocycles. The number of amides is 2. The molecule has 140 valence electrons. The minimum atomic E-state index is -0.700. The summed E-state index contributed by atoms with van der Waals surface area (Å²) in [6, 6.07) is 11.2. The number of nitrogens with one attached hydrogen (secondary N) is 2. The molecule has 2 aromatic rings. The number of ether oxygens (including phenoxy) is 2. The molecule has 1 aromatic carbocycles. The third-order valence-electron chi connectivity index (χ3n) is 3.85. The first-order valence-electron chi connectivity index (χ1n) is 8.33. The summed E-state index contributed by atoms with van der Waals surface area (Å²) >= 11 is 1.25. The Hall–Kier alpha value is -3.13. The lowest BCUT2D eigenvalue weighted by molar-refractivity contribution is -0.139. The van der Waals surface area contributed by atoms with Crippen molar-refractivity contribution < 1.29 is 23.9 Å². The van der Waals surface area contributed by atoms with Gasteiger partial charge in [0.05, 0.1) is 23.9 Å². The molecule has 2 amide bonds. The summed E-state index contributed by atoms with van der Waals surface area (Å²) in [6.07, 6.45) is 0. The third-order valence-corrected chi connectivity index (χ3v) is 4.70. The van der Waals surface area contributed by atoms with E-state index in [2.05, 4.69) is 10.6 Å². The third kappa shape index (κ3) is 4.35. The highest BCUT2D eigenvalue weighted by Crippen LogP contribution is 2.28. The fourth-order valence-electron chi connectivity index (χ4n) is 2.68. The minimum absolute atomic E-state index is 0.181. The van der Waals surface area contributed by atoms with Gasteiger partial charge in [0.25, 0.3) is 0 Å². The monoisotopic (exact) mass is 386 g/mol. The largest absolute Gasteiger partial charge is 0.463 e. The Morgan fingerprint density at radius 1 is 1.07 bits per heavy atom. The molecule has 0 saturated carbocycles. The first kappa shape index (κ1) is 18.7. The molecule has 0 bridgehead atoms. The van der Waals surface area contributed by atoms with E-state index >= 15 is 0 Å². The van der Waals surface area contributed by atoms with Crippen LogP contribution in [-0.2, 0) is 14.3 Å². The van der Waals surface area contributed by atoms with Crippen LogP contribution in [0.3, 0.4) is 0 Å². The molecule has 0 radical (unpaired) electrons. The van der Waals surface area contributed by atoms with Crippen LogP contribution in [0.5, 0.6) is 0 Å². The Labute approximate surface area is 160 Å². The van der Waals surface area contributed by atoms with Crippen molar-refractivity contribution in [3.05, 3.63) is 69.6 Å². The molecule has 3 rings (SSSR count). The van der Waals surface area contributed by atoms with Crippen LogP contribution in [0.15, 0.2) is 59.1 Å². The summed E-state index contributed by atoms with van der Waals surface area (Å²) in [5, 5.41) is 7.04. The van der Waals surface area contributed by atoms with Crippen LogP contribution in [-0.4, -0.2) is 31.2 Å². The molecule has 1 aromatic heterocycles. The second-order valence-corrected chi connectivity index (χ2v) is 6.56. The lowest BCUT2D eigenvalue weighted by atomic mass is 9.95. The van der Waals surface area contributed by atoms with Crippen LogP contribution in [0.25, 0.3) is 0 Å². The van der Waals surface area contributed by atoms with Crippen LogP contribution in [0.4, 0.5) is 4.79 Å². The maximum atomic E-state index is 12.6. The van der Waals surface area contributed by atoms with Gasteiger partial charge in [-0.25, -0.2) is 14.4 Å². The van der Waals surface area contributed by atoms with Crippen molar-refractivity contribution in [2.24, 2.45) is 0 Å². The number of esters is 2. The highest BCUT2D eigenvalue weighted by molar-refractivity contribution is 7.11. The zero-order valence-electron chi connectivity index (χ0n) is 14.6. The number of carbonyl (C=O) groups is 3. The van der Waals surface area contributed by atoms with E-state index in [0.717, 1.165) is 5.56 Å². The van der Waals surface area contributed by atoms with E-state index in [4.69, 9.17) is 9.47 Å². The topological polar surface area (TPSA) is 93.7 Å². The van der Waals surface area contributed by atoms with Crippen molar-refractivity contribution in [1.29, 1.82) is 0 Å². The number of urea groups is 1. The summed E-state index contributed by atoms with van der Waals surface area (Å²) in [5.41, 5.74) is 1.13. The van der Waals surface area contributed by atoms with E-state index in [0.29, 0.717) is 4.88 Å². The Bertz CT molecular complexity index is 861. The van der Waals surface area contributed by atoms with E-state index < -0.39 is 24.0 Å². The normalized spacial score (nSPS) is 16.3. The van der Waals surface area contributed by atoms with E-state index in [1.165, 1.54) is 11.3 Å². The predicted molar refractivity (Wildman–Crippen MR) is 99.1 cm³/mol. The lowest BCUT2D eigenvalue weighted by Crippen LogP contribution is -2.47. The van der Waals surface area contributed by atoms with Gasteiger partial charge in [-0.05, 0) is 23.9 Å². The molecule has 1 atom stereocenters. The van der Waals surface area contributed by atoms with Gasteiger partial charge in [-0.15, -0.1) is 11.3 Å². The zero-order chi connectivity index (χ0) is 19.2. The van der Waals surface area contributed by atoms with Crippen molar-refractivity contribution in [3.63, 3.8) is 0 Å². The molecule has 8 heteroatoms. The number of carbonyl (C=O) groups excluding carboxylic acids is 3. The summed E-state index contributed by atoms with van der Waals surface area (Å²) < 4.78 is 10.4. The van der Waals surface area contributed by atoms with Gasteiger partial charge in [0.1, 0.15) is 11.5 Å². The quantitative estimate of drug-likeness (QED) is 0.745. The average molecular weight is 386 g/mol. The number of thiophene rings is 1. The van der Waals surface area contributed by atoms with Crippen LogP contribution in [0, 0.1) is 0 Å². The number of rotatable bonds is 6. The Morgan fingerprint density at radius 3 is 2.52 bits per heavy atom. The molecule has 2 heterocycles. The standard InChI is InChI=1S/C19H18N2O5S/c1-2-25-18(23)15-13(11-26-17(22)14-9-6-10-27-14)20-19(24)21-16(15)12-7-4-3-5-8-12/h3-10,16H,2,11H2,1H3,(H2,20,21,24). The number of benzene rings is 1. The van der Waals surface area contributed by atoms with Gasteiger partial charge < -0.3 is 20.1 Å². The first-order valence-corrected chi connectivity index (χ1v) is 9.21. The van der Waals surface area contributed by atoms with Crippen LogP contribution in [0.1, 0.15) is 28.2 Å². The lowest BCUT2D eigenvalue weighted by Gasteiger charge is -2.29. The first-order chi connectivity index (χ1) is 13.1. The van der Waals surface area contributed by atoms with E-state index in [-0.39, 0.29) is 24.5 Å². The molecular weight excluding hydrogens is 368 g/mol. The van der Waals surface area contributed by atoms with Gasteiger partial charge in [-0.2, -0.15) is 0 Å².